The highest BCUT2D eigenvalue weighted by Gasteiger charge is 2.12. The standard InChI is InChI=1S/C19H22O6/c1-22-15-6-4-7-16(13-15)24-11-12-25-19-14(9-10-18(20)21)5-3-8-17(19)23-2/h3-8,13H,9-12H2,1-2H3,(H,20,21). The Morgan fingerprint density at radius 2 is 1.68 bits per heavy atom. The van der Waals surface area contributed by atoms with Crippen LogP contribution in [0.5, 0.6) is 23.0 Å². The maximum Gasteiger partial charge on any atom is 0.303 e. The molecule has 0 aliphatic rings. The van der Waals surface area contributed by atoms with Gasteiger partial charge in [-0.25, -0.2) is 0 Å². The number of rotatable bonds is 10. The number of aryl methyl sites for hydroxylation is 1. The van der Waals surface area contributed by atoms with Crippen LogP contribution >= 0.6 is 0 Å². The lowest BCUT2D eigenvalue weighted by Gasteiger charge is -2.15. The van der Waals surface area contributed by atoms with Crippen LogP contribution in [0.2, 0.25) is 0 Å². The van der Waals surface area contributed by atoms with Gasteiger partial charge in [0.2, 0.25) is 0 Å². The second-order valence-corrected chi connectivity index (χ2v) is 5.22. The van der Waals surface area contributed by atoms with Crippen LogP contribution in [0.3, 0.4) is 0 Å². The molecule has 2 aromatic rings. The molecule has 0 heterocycles. The molecule has 0 amide bonds. The Morgan fingerprint density at radius 1 is 0.960 bits per heavy atom. The minimum atomic E-state index is -0.852. The fourth-order valence-corrected chi connectivity index (χ4v) is 2.32. The molecule has 0 radical (unpaired) electrons. The highest BCUT2D eigenvalue weighted by atomic mass is 16.5. The molecule has 25 heavy (non-hydrogen) atoms. The maximum absolute atomic E-state index is 10.8. The average molecular weight is 346 g/mol. The minimum Gasteiger partial charge on any atom is -0.497 e. The van der Waals surface area contributed by atoms with E-state index in [1.807, 2.05) is 30.3 Å². The van der Waals surface area contributed by atoms with Gasteiger partial charge in [-0.05, 0) is 30.2 Å². The van der Waals surface area contributed by atoms with E-state index in [-0.39, 0.29) is 6.42 Å². The van der Waals surface area contributed by atoms with Crippen LogP contribution in [0.4, 0.5) is 0 Å². The summed E-state index contributed by atoms with van der Waals surface area (Å²) in [5.74, 6) is 1.69. The molecule has 0 spiro atoms. The largest absolute Gasteiger partial charge is 0.497 e. The van der Waals surface area contributed by atoms with Crippen molar-refractivity contribution in [3.05, 3.63) is 48.0 Å². The predicted octanol–water partition coefficient (Wildman–Crippen LogP) is 3.18. The van der Waals surface area contributed by atoms with Gasteiger partial charge >= 0.3 is 5.97 Å². The molecule has 0 aromatic heterocycles. The van der Waals surface area contributed by atoms with Gasteiger partial charge in [-0.2, -0.15) is 0 Å². The average Bonchev–Trinajstić information content (AvgIpc) is 2.63. The van der Waals surface area contributed by atoms with Gasteiger partial charge in [0, 0.05) is 12.5 Å². The van der Waals surface area contributed by atoms with Crippen LogP contribution in [-0.2, 0) is 11.2 Å². The Bertz CT molecular complexity index is 698. The normalized spacial score (nSPS) is 10.2. The van der Waals surface area contributed by atoms with Gasteiger partial charge in [-0.3, -0.25) is 4.79 Å². The number of carbonyl (C=O) groups is 1. The van der Waals surface area contributed by atoms with Crippen molar-refractivity contribution in [2.75, 3.05) is 27.4 Å². The lowest BCUT2D eigenvalue weighted by molar-refractivity contribution is -0.136. The van der Waals surface area contributed by atoms with Gasteiger partial charge < -0.3 is 24.1 Å². The highest BCUT2D eigenvalue weighted by molar-refractivity contribution is 5.67. The van der Waals surface area contributed by atoms with E-state index in [1.165, 1.54) is 0 Å². The number of para-hydroxylation sites is 1. The minimum absolute atomic E-state index is 0.0316. The first kappa shape index (κ1) is 18.4. The molecule has 134 valence electrons. The molecule has 2 aromatic carbocycles. The fourth-order valence-electron chi connectivity index (χ4n) is 2.32. The smallest absolute Gasteiger partial charge is 0.303 e. The third kappa shape index (κ3) is 5.60. The number of benzene rings is 2. The summed E-state index contributed by atoms with van der Waals surface area (Å²) in [5.41, 5.74) is 0.795. The second-order valence-electron chi connectivity index (χ2n) is 5.22. The van der Waals surface area contributed by atoms with Gasteiger partial charge in [0.15, 0.2) is 11.5 Å². The lowest BCUT2D eigenvalue weighted by atomic mass is 10.1. The van der Waals surface area contributed by atoms with Gasteiger partial charge in [0.1, 0.15) is 24.7 Å². The molecule has 1 N–H and O–H groups in total. The summed E-state index contributed by atoms with van der Waals surface area (Å²) in [6, 6.07) is 12.7. The zero-order chi connectivity index (χ0) is 18.1. The summed E-state index contributed by atoms with van der Waals surface area (Å²) in [6.07, 6.45) is 0.405. The zero-order valence-corrected chi connectivity index (χ0v) is 14.4. The molecule has 0 fully saturated rings. The van der Waals surface area contributed by atoms with Crippen molar-refractivity contribution >= 4 is 5.97 Å². The number of carboxylic acids is 1. The van der Waals surface area contributed by atoms with E-state index in [0.29, 0.717) is 36.9 Å². The van der Waals surface area contributed by atoms with Gasteiger partial charge in [-0.1, -0.05) is 18.2 Å². The Balaban J connectivity index is 1.95. The van der Waals surface area contributed by atoms with E-state index in [9.17, 15) is 4.79 Å². The lowest BCUT2D eigenvalue weighted by Crippen LogP contribution is -2.11. The van der Waals surface area contributed by atoms with Crippen molar-refractivity contribution in [2.24, 2.45) is 0 Å². The van der Waals surface area contributed by atoms with Crippen LogP contribution in [-0.4, -0.2) is 38.5 Å². The predicted molar refractivity (Wildman–Crippen MR) is 92.9 cm³/mol. The highest BCUT2D eigenvalue weighted by Crippen LogP contribution is 2.32. The van der Waals surface area contributed by atoms with Gasteiger partial charge in [0.25, 0.3) is 0 Å². The molecule has 0 bridgehead atoms. The molecule has 2 rings (SSSR count). The molecule has 0 aliphatic carbocycles. The van der Waals surface area contributed by atoms with Gasteiger partial charge in [-0.15, -0.1) is 0 Å². The molecule has 6 nitrogen and oxygen atoms in total. The number of carboxylic acid groups (broad SMARTS) is 1. The summed E-state index contributed by atoms with van der Waals surface area (Å²) >= 11 is 0. The molecule has 0 atom stereocenters. The van der Waals surface area contributed by atoms with Crippen molar-refractivity contribution in [3.8, 4) is 23.0 Å². The van der Waals surface area contributed by atoms with Crippen molar-refractivity contribution in [2.45, 2.75) is 12.8 Å². The summed E-state index contributed by atoms with van der Waals surface area (Å²) in [4.78, 5) is 10.8. The Kier molecular flexibility index (Phi) is 6.95. The summed E-state index contributed by atoms with van der Waals surface area (Å²) < 4.78 is 21.9. The van der Waals surface area contributed by atoms with Gasteiger partial charge in [0.05, 0.1) is 14.2 Å². The first-order valence-electron chi connectivity index (χ1n) is 7.91. The van der Waals surface area contributed by atoms with Crippen LogP contribution < -0.4 is 18.9 Å². The monoisotopic (exact) mass is 346 g/mol. The molecular formula is C19H22O6. The third-order valence-electron chi connectivity index (χ3n) is 3.53. The van der Waals surface area contributed by atoms with E-state index in [0.717, 1.165) is 11.3 Å². The number of hydrogen-bond donors (Lipinski definition) is 1. The van der Waals surface area contributed by atoms with Crippen LogP contribution in [0.15, 0.2) is 42.5 Å². The van der Waals surface area contributed by atoms with Crippen LogP contribution in [0.25, 0.3) is 0 Å². The molecule has 0 saturated heterocycles. The fraction of sp³-hybridized carbons (Fsp3) is 0.316. The van der Waals surface area contributed by atoms with Crippen molar-refractivity contribution in [3.63, 3.8) is 0 Å². The summed E-state index contributed by atoms with van der Waals surface area (Å²) in [6.45, 7) is 0.640. The number of hydrogen-bond acceptors (Lipinski definition) is 5. The molecule has 0 unspecified atom stereocenters. The van der Waals surface area contributed by atoms with E-state index in [4.69, 9.17) is 24.1 Å². The SMILES string of the molecule is COc1cccc(OCCOc2c(CCC(=O)O)cccc2OC)c1. The zero-order valence-electron chi connectivity index (χ0n) is 14.4. The maximum atomic E-state index is 10.8. The molecular weight excluding hydrogens is 324 g/mol. The summed E-state index contributed by atoms with van der Waals surface area (Å²) in [5, 5.41) is 8.87. The Morgan fingerprint density at radius 3 is 2.40 bits per heavy atom. The number of ether oxygens (including phenoxy) is 4. The van der Waals surface area contributed by atoms with E-state index in [2.05, 4.69) is 0 Å². The number of methoxy groups -OCH3 is 2. The topological polar surface area (TPSA) is 74.2 Å². The van der Waals surface area contributed by atoms with Crippen LogP contribution in [0.1, 0.15) is 12.0 Å². The third-order valence-corrected chi connectivity index (χ3v) is 3.53. The van der Waals surface area contributed by atoms with Crippen molar-refractivity contribution in [1.29, 1.82) is 0 Å². The van der Waals surface area contributed by atoms with E-state index in [1.54, 1.807) is 26.4 Å². The number of aliphatic carboxylic acids is 1. The van der Waals surface area contributed by atoms with Crippen molar-refractivity contribution in [1.82, 2.24) is 0 Å². The first-order valence-corrected chi connectivity index (χ1v) is 7.91. The van der Waals surface area contributed by atoms with E-state index < -0.39 is 5.97 Å². The molecule has 0 aliphatic heterocycles. The Hall–Kier alpha value is -2.89. The molecule has 0 saturated carbocycles. The first-order chi connectivity index (χ1) is 12.1. The summed E-state index contributed by atoms with van der Waals surface area (Å²) in [7, 11) is 3.15. The van der Waals surface area contributed by atoms with E-state index >= 15 is 0 Å². The van der Waals surface area contributed by atoms with Crippen LogP contribution in [0, 0.1) is 0 Å². The quantitative estimate of drug-likeness (QED) is 0.666. The molecule has 6 heteroatoms. The second kappa shape index (κ2) is 9.42. The Labute approximate surface area is 146 Å². The van der Waals surface area contributed by atoms with Crippen molar-refractivity contribution < 1.29 is 28.8 Å².